The Labute approximate surface area is 113 Å². The number of carboxylic acid groups (broad SMARTS) is 1. The van der Waals surface area contributed by atoms with Crippen molar-refractivity contribution >= 4 is 11.7 Å². The minimum Gasteiger partial charge on any atom is -0.478 e. The zero-order valence-electron chi connectivity index (χ0n) is 10.8. The molecule has 20 heavy (non-hydrogen) atoms. The Morgan fingerprint density at radius 1 is 1.45 bits per heavy atom. The van der Waals surface area contributed by atoms with E-state index in [9.17, 15) is 18.0 Å². The number of benzene rings is 1. The van der Waals surface area contributed by atoms with Gasteiger partial charge >= 0.3 is 12.1 Å². The average Bonchev–Trinajstić information content (AvgIpc) is 2.85. The first-order chi connectivity index (χ1) is 9.32. The van der Waals surface area contributed by atoms with E-state index in [-0.39, 0.29) is 11.7 Å². The Balaban J connectivity index is 2.36. The lowest BCUT2D eigenvalue weighted by Gasteiger charge is -2.21. The molecular weight excluding hydrogens is 275 g/mol. The van der Waals surface area contributed by atoms with Gasteiger partial charge in [-0.2, -0.15) is 13.2 Å². The molecule has 1 aromatic rings. The maximum Gasteiger partial charge on any atom is 0.416 e. The molecule has 1 unspecified atom stereocenters. The van der Waals surface area contributed by atoms with Gasteiger partial charge in [-0.05, 0) is 24.6 Å². The molecule has 4 nitrogen and oxygen atoms in total. The molecule has 1 atom stereocenters. The molecule has 0 bridgehead atoms. The third kappa shape index (κ3) is 2.87. The highest BCUT2D eigenvalue weighted by molar-refractivity contribution is 5.94. The largest absolute Gasteiger partial charge is 0.478 e. The fourth-order valence-corrected chi connectivity index (χ4v) is 2.30. The minimum atomic E-state index is -4.55. The van der Waals surface area contributed by atoms with Gasteiger partial charge in [-0.15, -0.1) is 0 Å². The predicted molar refractivity (Wildman–Crippen MR) is 66.0 cm³/mol. The molecule has 1 N–H and O–H groups in total. The van der Waals surface area contributed by atoms with E-state index >= 15 is 0 Å². The van der Waals surface area contributed by atoms with E-state index in [1.807, 2.05) is 0 Å². The fraction of sp³-hybridized carbons (Fsp3) is 0.462. The summed E-state index contributed by atoms with van der Waals surface area (Å²) in [6, 6.07) is 2.80. The lowest BCUT2D eigenvalue weighted by atomic mass is 10.1. The number of carboxylic acids is 1. The summed E-state index contributed by atoms with van der Waals surface area (Å²) >= 11 is 0. The van der Waals surface area contributed by atoms with Crippen LogP contribution in [0, 0.1) is 0 Å². The van der Waals surface area contributed by atoms with Crippen molar-refractivity contribution in [3.8, 4) is 0 Å². The summed E-state index contributed by atoms with van der Waals surface area (Å²) in [6.07, 6.45) is -3.86. The third-order valence-electron chi connectivity index (χ3n) is 3.37. The quantitative estimate of drug-likeness (QED) is 0.929. The second-order valence-electron chi connectivity index (χ2n) is 4.63. The number of alkyl halides is 3. The summed E-state index contributed by atoms with van der Waals surface area (Å²) in [5, 5.41) is 9.11. The second kappa shape index (κ2) is 5.32. The van der Waals surface area contributed by atoms with Crippen LogP contribution in [0.3, 0.4) is 0 Å². The molecule has 1 aliphatic rings. The van der Waals surface area contributed by atoms with Crippen LogP contribution >= 0.6 is 0 Å². The summed E-state index contributed by atoms with van der Waals surface area (Å²) in [7, 11) is 1.55. The first-order valence-electron chi connectivity index (χ1n) is 6.05. The highest BCUT2D eigenvalue weighted by atomic mass is 19.4. The molecule has 0 aliphatic carbocycles. The predicted octanol–water partition coefficient (Wildman–Crippen LogP) is 2.63. The Bertz CT molecular complexity index is 516. The van der Waals surface area contributed by atoms with E-state index in [0.717, 1.165) is 12.5 Å². The molecule has 110 valence electrons. The summed E-state index contributed by atoms with van der Waals surface area (Å²) in [5.74, 6) is -1.37. The van der Waals surface area contributed by atoms with E-state index in [0.29, 0.717) is 24.8 Å². The molecular formula is C13H14F3NO3. The Hall–Kier alpha value is -1.76. The van der Waals surface area contributed by atoms with Crippen molar-refractivity contribution in [2.24, 2.45) is 0 Å². The van der Waals surface area contributed by atoms with Crippen LogP contribution in [0.25, 0.3) is 0 Å². The maximum atomic E-state index is 12.6. The van der Waals surface area contributed by atoms with Crippen molar-refractivity contribution in [1.82, 2.24) is 0 Å². The molecule has 0 amide bonds. The van der Waals surface area contributed by atoms with E-state index in [4.69, 9.17) is 9.84 Å². The van der Waals surface area contributed by atoms with Crippen LogP contribution in [0.15, 0.2) is 18.2 Å². The van der Waals surface area contributed by atoms with Gasteiger partial charge in [0.2, 0.25) is 0 Å². The normalized spacial score (nSPS) is 19.4. The van der Waals surface area contributed by atoms with Crippen molar-refractivity contribution in [2.45, 2.75) is 18.7 Å². The van der Waals surface area contributed by atoms with Gasteiger partial charge in [-0.1, -0.05) is 0 Å². The Kier molecular flexibility index (Phi) is 3.89. The van der Waals surface area contributed by atoms with Crippen molar-refractivity contribution in [3.05, 3.63) is 29.3 Å². The summed E-state index contributed by atoms with van der Waals surface area (Å²) in [4.78, 5) is 12.9. The lowest BCUT2D eigenvalue weighted by molar-refractivity contribution is -0.137. The van der Waals surface area contributed by atoms with Gasteiger partial charge in [-0.3, -0.25) is 0 Å². The second-order valence-corrected chi connectivity index (χ2v) is 4.63. The van der Waals surface area contributed by atoms with Gasteiger partial charge in [0.05, 0.1) is 22.9 Å². The number of hydrogen-bond acceptors (Lipinski definition) is 3. The van der Waals surface area contributed by atoms with Gasteiger partial charge in [0, 0.05) is 20.2 Å². The molecule has 1 fully saturated rings. The highest BCUT2D eigenvalue weighted by Crippen LogP contribution is 2.34. The van der Waals surface area contributed by atoms with Crippen LogP contribution in [-0.4, -0.2) is 37.4 Å². The molecule has 1 aliphatic heterocycles. The molecule has 0 saturated carbocycles. The van der Waals surface area contributed by atoms with Crippen LogP contribution < -0.4 is 4.90 Å². The zero-order valence-corrected chi connectivity index (χ0v) is 10.8. The number of methoxy groups -OCH3 is 1. The number of nitrogens with zero attached hydrogens (tertiary/aromatic N) is 1. The van der Waals surface area contributed by atoms with Gasteiger partial charge in [0.15, 0.2) is 0 Å². The highest BCUT2D eigenvalue weighted by Gasteiger charge is 2.33. The molecule has 0 radical (unpaired) electrons. The number of anilines is 1. The first kappa shape index (κ1) is 14.6. The summed E-state index contributed by atoms with van der Waals surface area (Å²) in [5.41, 5.74) is -0.997. The number of hydrogen-bond donors (Lipinski definition) is 1. The van der Waals surface area contributed by atoms with E-state index in [2.05, 4.69) is 0 Å². The molecule has 1 heterocycles. The van der Waals surface area contributed by atoms with Gasteiger partial charge in [0.1, 0.15) is 0 Å². The Morgan fingerprint density at radius 2 is 2.15 bits per heavy atom. The van der Waals surface area contributed by atoms with Crippen LogP contribution in [0.4, 0.5) is 18.9 Å². The smallest absolute Gasteiger partial charge is 0.416 e. The molecule has 1 saturated heterocycles. The maximum absolute atomic E-state index is 12.6. The minimum absolute atomic E-state index is 0.0288. The van der Waals surface area contributed by atoms with Crippen LogP contribution in [0.1, 0.15) is 22.3 Å². The molecule has 1 aromatic carbocycles. The van der Waals surface area contributed by atoms with Gasteiger partial charge in [-0.25, -0.2) is 4.79 Å². The number of carbonyl (C=O) groups is 1. The van der Waals surface area contributed by atoms with Crippen LogP contribution in [0.5, 0.6) is 0 Å². The van der Waals surface area contributed by atoms with Crippen LogP contribution in [-0.2, 0) is 10.9 Å². The van der Waals surface area contributed by atoms with E-state index < -0.39 is 17.7 Å². The monoisotopic (exact) mass is 289 g/mol. The topological polar surface area (TPSA) is 49.8 Å². The standard InChI is InChI=1S/C13H14F3NO3/c1-20-9-4-5-17(7-9)11-3-2-8(13(14,15)16)6-10(11)12(18)19/h2-3,6,9H,4-5,7H2,1H3,(H,18,19). The van der Waals surface area contributed by atoms with E-state index in [1.54, 1.807) is 12.0 Å². The van der Waals surface area contributed by atoms with Crippen molar-refractivity contribution in [2.75, 3.05) is 25.1 Å². The number of rotatable bonds is 3. The van der Waals surface area contributed by atoms with Gasteiger partial charge in [0.25, 0.3) is 0 Å². The molecule has 7 heteroatoms. The first-order valence-corrected chi connectivity index (χ1v) is 6.05. The van der Waals surface area contributed by atoms with Crippen molar-refractivity contribution < 1.29 is 27.8 Å². The molecule has 0 spiro atoms. The number of ether oxygens (including phenoxy) is 1. The zero-order chi connectivity index (χ0) is 14.9. The molecule has 2 rings (SSSR count). The lowest BCUT2D eigenvalue weighted by Crippen LogP contribution is -2.24. The SMILES string of the molecule is COC1CCN(c2ccc(C(F)(F)F)cc2C(=O)O)C1. The Morgan fingerprint density at radius 3 is 2.65 bits per heavy atom. The fourth-order valence-electron chi connectivity index (χ4n) is 2.30. The molecule has 0 aromatic heterocycles. The van der Waals surface area contributed by atoms with Crippen LogP contribution in [0.2, 0.25) is 0 Å². The van der Waals surface area contributed by atoms with E-state index in [1.165, 1.54) is 6.07 Å². The van der Waals surface area contributed by atoms with Crippen molar-refractivity contribution in [3.63, 3.8) is 0 Å². The summed E-state index contributed by atoms with van der Waals surface area (Å²) < 4.78 is 43.1. The third-order valence-corrected chi connectivity index (χ3v) is 3.37. The van der Waals surface area contributed by atoms with Crippen molar-refractivity contribution in [1.29, 1.82) is 0 Å². The average molecular weight is 289 g/mol. The number of halogens is 3. The van der Waals surface area contributed by atoms with Gasteiger partial charge < -0.3 is 14.7 Å². The number of aromatic carboxylic acids is 1. The summed E-state index contributed by atoms with van der Waals surface area (Å²) in [6.45, 7) is 1.03.